The molecule has 2 atom stereocenters. The molecular weight excluding hydrogens is 204 g/mol. The van der Waals surface area contributed by atoms with Gasteiger partial charge in [0, 0.05) is 25.2 Å². The number of rotatable bonds is 3. The highest BCUT2D eigenvalue weighted by atomic mass is 32.1. The predicted molar refractivity (Wildman–Crippen MR) is 66.4 cm³/mol. The van der Waals surface area contributed by atoms with E-state index in [-0.39, 0.29) is 0 Å². The van der Waals surface area contributed by atoms with E-state index in [1.807, 2.05) is 0 Å². The van der Waals surface area contributed by atoms with Gasteiger partial charge in [-0.15, -0.1) is 0 Å². The van der Waals surface area contributed by atoms with Crippen LogP contribution in [0.1, 0.15) is 24.5 Å². The van der Waals surface area contributed by atoms with Crippen LogP contribution in [0, 0.1) is 6.92 Å². The van der Waals surface area contributed by atoms with Gasteiger partial charge in [-0.1, -0.05) is 0 Å². The molecule has 1 N–H and O–H groups in total. The maximum atomic E-state index is 3.65. The second-order valence-corrected chi connectivity index (χ2v) is 5.43. The molecule has 2 nitrogen and oxygen atoms in total. The molecule has 0 amide bonds. The van der Waals surface area contributed by atoms with Crippen LogP contribution in [0.2, 0.25) is 0 Å². The highest BCUT2D eigenvalue weighted by Gasteiger charge is 2.25. The Morgan fingerprint density at radius 1 is 1.53 bits per heavy atom. The molecule has 1 aromatic heterocycles. The van der Waals surface area contributed by atoms with Gasteiger partial charge in [0.05, 0.1) is 0 Å². The lowest BCUT2D eigenvalue weighted by Gasteiger charge is -2.13. The summed E-state index contributed by atoms with van der Waals surface area (Å²) in [6.07, 6.45) is 1.28. The highest BCUT2D eigenvalue weighted by molar-refractivity contribution is 7.08. The van der Waals surface area contributed by atoms with Crippen LogP contribution in [-0.2, 0) is 6.54 Å². The summed E-state index contributed by atoms with van der Waals surface area (Å²) in [6, 6.07) is 1.40. The molecular formula is C12H20N2S. The van der Waals surface area contributed by atoms with E-state index < -0.39 is 0 Å². The minimum absolute atomic E-state index is 0.671. The zero-order valence-corrected chi connectivity index (χ0v) is 10.6. The zero-order valence-electron chi connectivity index (χ0n) is 9.79. The zero-order chi connectivity index (χ0) is 10.8. The van der Waals surface area contributed by atoms with Gasteiger partial charge in [0.25, 0.3) is 0 Å². The van der Waals surface area contributed by atoms with Gasteiger partial charge in [0.1, 0.15) is 0 Å². The van der Waals surface area contributed by atoms with Crippen molar-refractivity contribution in [2.45, 2.75) is 38.9 Å². The van der Waals surface area contributed by atoms with E-state index in [1.54, 1.807) is 11.3 Å². The summed E-state index contributed by atoms with van der Waals surface area (Å²) in [5, 5.41) is 8.13. The van der Waals surface area contributed by atoms with Crippen molar-refractivity contribution in [1.82, 2.24) is 10.2 Å². The molecule has 1 aliphatic rings. The Labute approximate surface area is 96.3 Å². The van der Waals surface area contributed by atoms with E-state index in [0.717, 1.165) is 12.6 Å². The van der Waals surface area contributed by atoms with Gasteiger partial charge in [0.2, 0.25) is 0 Å². The van der Waals surface area contributed by atoms with Crippen LogP contribution in [0.5, 0.6) is 0 Å². The van der Waals surface area contributed by atoms with Crippen molar-refractivity contribution in [2.75, 3.05) is 13.6 Å². The van der Waals surface area contributed by atoms with Crippen LogP contribution < -0.4 is 5.32 Å². The standard InChI is InChI=1S/C12H20N2S/c1-9-7-15-8-11(9)5-13-12-4-10(2)14(3)6-12/h7-8,10,12-13H,4-6H2,1-3H3. The van der Waals surface area contributed by atoms with Gasteiger partial charge in [-0.3, -0.25) is 0 Å². The molecule has 0 radical (unpaired) electrons. The van der Waals surface area contributed by atoms with Crippen LogP contribution in [0.25, 0.3) is 0 Å². The second-order valence-electron chi connectivity index (χ2n) is 4.68. The van der Waals surface area contributed by atoms with Crippen molar-refractivity contribution in [2.24, 2.45) is 0 Å². The van der Waals surface area contributed by atoms with Gasteiger partial charge < -0.3 is 10.2 Å². The third kappa shape index (κ3) is 2.60. The minimum atomic E-state index is 0.671. The fraction of sp³-hybridized carbons (Fsp3) is 0.667. The van der Waals surface area contributed by atoms with E-state index in [0.29, 0.717) is 6.04 Å². The molecule has 2 unspecified atom stereocenters. The summed E-state index contributed by atoms with van der Waals surface area (Å²) in [5.74, 6) is 0. The van der Waals surface area contributed by atoms with Crippen LogP contribution in [0.15, 0.2) is 10.8 Å². The first-order valence-corrected chi connectivity index (χ1v) is 6.56. The molecule has 1 fully saturated rings. The number of nitrogens with zero attached hydrogens (tertiary/aromatic N) is 1. The van der Waals surface area contributed by atoms with Crippen LogP contribution >= 0.6 is 11.3 Å². The number of likely N-dealkylation sites (N-methyl/N-ethyl adjacent to an activating group) is 1. The number of aryl methyl sites for hydroxylation is 1. The molecule has 0 spiro atoms. The van der Waals surface area contributed by atoms with E-state index >= 15 is 0 Å². The average molecular weight is 224 g/mol. The number of nitrogens with one attached hydrogen (secondary N) is 1. The highest BCUT2D eigenvalue weighted by Crippen LogP contribution is 2.17. The minimum Gasteiger partial charge on any atom is -0.309 e. The third-order valence-corrected chi connectivity index (χ3v) is 4.34. The van der Waals surface area contributed by atoms with Crippen molar-refractivity contribution < 1.29 is 0 Å². The Hall–Kier alpha value is -0.380. The lowest BCUT2D eigenvalue weighted by molar-refractivity contribution is 0.326. The normalized spacial score (nSPS) is 27.4. The smallest absolute Gasteiger partial charge is 0.0219 e. The summed E-state index contributed by atoms with van der Waals surface area (Å²) >= 11 is 1.80. The molecule has 0 saturated carbocycles. The first kappa shape index (κ1) is 11.1. The Morgan fingerprint density at radius 2 is 2.33 bits per heavy atom. The van der Waals surface area contributed by atoms with Gasteiger partial charge in [-0.25, -0.2) is 0 Å². The summed E-state index contributed by atoms with van der Waals surface area (Å²) in [4.78, 5) is 2.43. The predicted octanol–water partition coefficient (Wildman–Crippen LogP) is 2.24. The average Bonchev–Trinajstić information content (AvgIpc) is 2.72. The summed E-state index contributed by atoms with van der Waals surface area (Å²) in [5.41, 5.74) is 2.88. The summed E-state index contributed by atoms with van der Waals surface area (Å²) < 4.78 is 0. The maximum absolute atomic E-state index is 3.65. The van der Waals surface area contributed by atoms with Crippen molar-refractivity contribution in [3.8, 4) is 0 Å². The topological polar surface area (TPSA) is 15.3 Å². The molecule has 0 bridgehead atoms. The third-order valence-electron chi connectivity index (χ3n) is 3.43. The van der Waals surface area contributed by atoms with Crippen molar-refractivity contribution in [1.29, 1.82) is 0 Å². The van der Waals surface area contributed by atoms with E-state index in [1.165, 1.54) is 24.1 Å². The van der Waals surface area contributed by atoms with Crippen LogP contribution in [0.4, 0.5) is 0 Å². The van der Waals surface area contributed by atoms with Crippen molar-refractivity contribution in [3.05, 3.63) is 21.9 Å². The molecule has 15 heavy (non-hydrogen) atoms. The molecule has 1 aliphatic heterocycles. The largest absolute Gasteiger partial charge is 0.309 e. The van der Waals surface area contributed by atoms with E-state index in [2.05, 4.69) is 41.9 Å². The van der Waals surface area contributed by atoms with Crippen LogP contribution in [0.3, 0.4) is 0 Å². The first-order chi connectivity index (χ1) is 7.16. The van der Waals surface area contributed by atoms with Gasteiger partial charge in [0.15, 0.2) is 0 Å². The number of thiophene rings is 1. The van der Waals surface area contributed by atoms with E-state index in [4.69, 9.17) is 0 Å². The van der Waals surface area contributed by atoms with Gasteiger partial charge >= 0.3 is 0 Å². The van der Waals surface area contributed by atoms with Gasteiger partial charge in [-0.2, -0.15) is 11.3 Å². The lowest BCUT2D eigenvalue weighted by Crippen LogP contribution is -2.31. The molecule has 3 heteroatoms. The first-order valence-electron chi connectivity index (χ1n) is 5.62. The fourth-order valence-electron chi connectivity index (χ4n) is 2.16. The quantitative estimate of drug-likeness (QED) is 0.847. The lowest BCUT2D eigenvalue weighted by atomic mass is 10.1. The molecule has 2 heterocycles. The number of hydrogen-bond acceptors (Lipinski definition) is 3. The monoisotopic (exact) mass is 224 g/mol. The van der Waals surface area contributed by atoms with Crippen molar-refractivity contribution in [3.63, 3.8) is 0 Å². The Bertz CT molecular complexity index is 311. The van der Waals surface area contributed by atoms with E-state index in [9.17, 15) is 0 Å². The second kappa shape index (κ2) is 4.64. The molecule has 0 aliphatic carbocycles. The Balaban J connectivity index is 1.82. The number of hydrogen-bond donors (Lipinski definition) is 1. The fourth-order valence-corrected chi connectivity index (χ4v) is 3.02. The summed E-state index contributed by atoms with van der Waals surface area (Å²) in [6.45, 7) is 6.71. The Kier molecular flexibility index (Phi) is 3.44. The summed E-state index contributed by atoms with van der Waals surface area (Å²) in [7, 11) is 2.21. The molecule has 1 saturated heterocycles. The van der Waals surface area contributed by atoms with Crippen LogP contribution in [-0.4, -0.2) is 30.6 Å². The van der Waals surface area contributed by atoms with Gasteiger partial charge in [-0.05, 0) is 49.2 Å². The molecule has 0 aromatic carbocycles. The number of likely N-dealkylation sites (tertiary alicyclic amines) is 1. The maximum Gasteiger partial charge on any atom is 0.0219 e. The Morgan fingerprint density at radius 3 is 2.87 bits per heavy atom. The molecule has 1 aromatic rings. The molecule has 84 valence electrons. The molecule has 2 rings (SSSR count). The van der Waals surface area contributed by atoms with Crippen molar-refractivity contribution >= 4 is 11.3 Å². The SMILES string of the molecule is Cc1cscc1CNC1CC(C)N(C)C1.